The van der Waals surface area contributed by atoms with Crippen LogP contribution in [0.15, 0.2) is 11.6 Å². The van der Waals surface area contributed by atoms with Crippen molar-refractivity contribution in [2.75, 3.05) is 37.6 Å². The molecule has 2 heterocycles. The molecule has 0 bridgehead atoms. The predicted octanol–water partition coefficient (Wildman–Crippen LogP) is 1.17. The van der Waals surface area contributed by atoms with E-state index in [0.717, 1.165) is 44.2 Å². The molecule has 0 aromatic carbocycles. The molecule has 2 N–H and O–H groups in total. The molecule has 1 saturated heterocycles. The van der Waals surface area contributed by atoms with Gasteiger partial charge in [-0.05, 0) is 6.42 Å². The zero-order chi connectivity index (χ0) is 13.7. The maximum absolute atomic E-state index is 12.3. The van der Waals surface area contributed by atoms with Crippen molar-refractivity contribution in [1.82, 2.24) is 9.88 Å². The summed E-state index contributed by atoms with van der Waals surface area (Å²) in [6, 6.07) is 0. The highest BCUT2D eigenvalue weighted by molar-refractivity contribution is 7.13. The average Bonchev–Trinajstić information content (AvgIpc) is 2.98. The number of piperazine rings is 1. The fourth-order valence-corrected chi connectivity index (χ4v) is 3.14. The third kappa shape index (κ3) is 3.45. The summed E-state index contributed by atoms with van der Waals surface area (Å²) < 4.78 is 0. The summed E-state index contributed by atoms with van der Waals surface area (Å²) >= 11 is 1.65. The van der Waals surface area contributed by atoms with Gasteiger partial charge in [-0.3, -0.25) is 4.79 Å². The van der Waals surface area contributed by atoms with Gasteiger partial charge in [0.1, 0.15) is 0 Å². The summed E-state index contributed by atoms with van der Waals surface area (Å²) in [5.41, 5.74) is 5.70. The second-order valence-corrected chi connectivity index (χ2v) is 5.72. The molecule has 1 aromatic heterocycles. The van der Waals surface area contributed by atoms with Crippen LogP contribution in [0.2, 0.25) is 0 Å². The largest absolute Gasteiger partial charge is 0.345 e. The third-order valence-electron chi connectivity index (χ3n) is 3.55. The van der Waals surface area contributed by atoms with Crippen LogP contribution in [0.5, 0.6) is 0 Å². The lowest BCUT2D eigenvalue weighted by atomic mass is 10.0. The van der Waals surface area contributed by atoms with E-state index in [2.05, 4.69) is 16.8 Å². The molecule has 1 amide bonds. The van der Waals surface area contributed by atoms with Crippen molar-refractivity contribution in [2.24, 2.45) is 11.7 Å². The summed E-state index contributed by atoms with van der Waals surface area (Å²) in [4.78, 5) is 20.8. The Hall–Kier alpha value is -1.14. The van der Waals surface area contributed by atoms with E-state index in [4.69, 9.17) is 5.73 Å². The number of nitrogens with zero attached hydrogens (tertiary/aromatic N) is 3. The lowest BCUT2D eigenvalue weighted by Crippen LogP contribution is -2.51. The minimum Gasteiger partial charge on any atom is -0.345 e. The van der Waals surface area contributed by atoms with E-state index < -0.39 is 0 Å². The van der Waals surface area contributed by atoms with Crippen LogP contribution in [0.1, 0.15) is 19.8 Å². The molecule has 1 aliphatic rings. The number of hydrogen-bond donors (Lipinski definition) is 1. The van der Waals surface area contributed by atoms with E-state index >= 15 is 0 Å². The van der Waals surface area contributed by atoms with Crippen molar-refractivity contribution in [3.05, 3.63) is 11.6 Å². The number of carbonyl (C=O) groups excluding carboxylic acids is 1. The van der Waals surface area contributed by atoms with Gasteiger partial charge in [-0.2, -0.15) is 0 Å². The fourth-order valence-electron chi connectivity index (χ4n) is 2.44. The zero-order valence-electron chi connectivity index (χ0n) is 11.4. The van der Waals surface area contributed by atoms with Gasteiger partial charge in [0.2, 0.25) is 5.91 Å². The summed E-state index contributed by atoms with van der Waals surface area (Å²) in [6.07, 6.45) is 3.72. The van der Waals surface area contributed by atoms with Gasteiger partial charge in [0.05, 0.1) is 5.92 Å². The van der Waals surface area contributed by atoms with Crippen LogP contribution >= 0.6 is 11.3 Å². The number of amides is 1. The topological polar surface area (TPSA) is 62.5 Å². The fraction of sp³-hybridized carbons (Fsp3) is 0.692. The standard InChI is InChI=1S/C13H22N4OS/c1-2-3-11(10-14)12(18)16-5-7-17(8-6-16)13-15-4-9-19-13/h4,9,11H,2-3,5-8,10,14H2,1H3. The Bertz CT molecular complexity index is 387. The molecule has 0 spiro atoms. The Morgan fingerprint density at radius 2 is 2.21 bits per heavy atom. The summed E-state index contributed by atoms with van der Waals surface area (Å²) in [5, 5.41) is 3.04. The molecule has 1 atom stereocenters. The molecule has 0 radical (unpaired) electrons. The first-order chi connectivity index (χ1) is 9.26. The smallest absolute Gasteiger partial charge is 0.227 e. The molecule has 2 rings (SSSR count). The summed E-state index contributed by atoms with van der Waals surface area (Å²) in [5.74, 6) is 0.222. The van der Waals surface area contributed by atoms with Gasteiger partial charge in [-0.1, -0.05) is 13.3 Å². The molecule has 19 heavy (non-hydrogen) atoms. The van der Waals surface area contributed by atoms with Crippen molar-refractivity contribution in [2.45, 2.75) is 19.8 Å². The van der Waals surface area contributed by atoms with Crippen molar-refractivity contribution >= 4 is 22.4 Å². The maximum Gasteiger partial charge on any atom is 0.227 e. The minimum atomic E-state index is -0.00332. The zero-order valence-corrected chi connectivity index (χ0v) is 12.2. The Kier molecular flexibility index (Phi) is 5.15. The first-order valence-corrected chi connectivity index (χ1v) is 7.77. The predicted molar refractivity (Wildman–Crippen MR) is 78.4 cm³/mol. The second-order valence-electron chi connectivity index (χ2n) is 4.85. The van der Waals surface area contributed by atoms with E-state index in [1.807, 2.05) is 16.5 Å². The van der Waals surface area contributed by atoms with Gasteiger partial charge in [-0.25, -0.2) is 4.98 Å². The first-order valence-electron chi connectivity index (χ1n) is 6.89. The van der Waals surface area contributed by atoms with Crippen LogP contribution in [0.3, 0.4) is 0 Å². The van der Waals surface area contributed by atoms with Gasteiger partial charge < -0.3 is 15.5 Å². The number of hydrogen-bond acceptors (Lipinski definition) is 5. The van der Waals surface area contributed by atoms with Crippen LogP contribution in [0.4, 0.5) is 5.13 Å². The molecule has 0 aliphatic carbocycles. The first kappa shape index (κ1) is 14.3. The van der Waals surface area contributed by atoms with Gasteiger partial charge >= 0.3 is 0 Å². The van der Waals surface area contributed by atoms with Crippen molar-refractivity contribution in [1.29, 1.82) is 0 Å². The Morgan fingerprint density at radius 1 is 1.47 bits per heavy atom. The maximum atomic E-state index is 12.3. The van der Waals surface area contributed by atoms with Crippen molar-refractivity contribution < 1.29 is 4.79 Å². The number of anilines is 1. The number of aromatic nitrogens is 1. The van der Waals surface area contributed by atoms with E-state index in [1.165, 1.54) is 0 Å². The Labute approximate surface area is 118 Å². The highest BCUT2D eigenvalue weighted by Crippen LogP contribution is 2.20. The lowest BCUT2D eigenvalue weighted by molar-refractivity contribution is -0.135. The van der Waals surface area contributed by atoms with Gasteiger partial charge in [0, 0.05) is 44.3 Å². The van der Waals surface area contributed by atoms with E-state index in [1.54, 1.807) is 11.3 Å². The number of nitrogens with two attached hydrogens (primary N) is 1. The Balaban J connectivity index is 1.87. The third-order valence-corrected chi connectivity index (χ3v) is 4.38. The summed E-state index contributed by atoms with van der Waals surface area (Å²) in [7, 11) is 0. The van der Waals surface area contributed by atoms with Crippen molar-refractivity contribution in [3.63, 3.8) is 0 Å². The average molecular weight is 282 g/mol. The van der Waals surface area contributed by atoms with Crippen LogP contribution in [-0.4, -0.2) is 48.5 Å². The van der Waals surface area contributed by atoms with Gasteiger partial charge in [-0.15, -0.1) is 11.3 Å². The number of thiazole rings is 1. The van der Waals surface area contributed by atoms with E-state index in [-0.39, 0.29) is 11.8 Å². The SMILES string of the molecule is CCCC(CN)C(=O)N1CCN(c2nccs2)CC1. The molecular weight excluding hydrogens is 260 g/mol. The van der Waals surface area contributed by atoms with Gasteiger partial charge in [0.15, 0.2) is 5.13 Å². The lowest BCUT2D eigenvalue weighted by Gasteiger charge is -2.36. The van der Waals surface area contributed by atoms with E-state index in [0.29, 0.717) is 6.54 Å². The van der Waals surface area contributed by atoms with Crippen LogP contribution in [0.25, 0.3) is 0 Å². The molecule has 0 saturated carbocycles. The highest BCUT2D eigenvalue weighted by Gasteiger charge is 2.26. The number of carbonyl (C=O) groups is 1. The van der Waals surface area contributed by atoms with Crippen molar-refractivity contribution in [3.8, 4) is 0 Å². The van der Waals surface area contributed by atoms with E-state index in [9.17, 15) is 4.79 Å². The van der Waals surface area contributed by atoms with Crippen LogP contribution in [-0.2, 0) is 4.79 Å². The second kappa shape index (κ2) is 6.86. The number of rotatable bonds is 5. The minimum absolute atomic E-state index is 0.00332. The molecule has 1 fully saturated rings. The van der Waals surface area contributed by atoms with Gasteiger partial charge in [0.25, 0.3) is 0 Å². The molecular formula is C13H22N4OS. The molecule has 106 valence electrons. The molecule has 1 aromatic rings. The normalized spacial score (nSPS) is 17.6. The Morgan fingerprint density at radius 3 is 2.74 bits per heavy atom. The molecule has 1 unspecified atom stereocenters. The van der Waals surface area contributed by atoms with Crippen LogP contribution < -0.4 is 10.6 Å². The highest BCUT2D eigenvalue weighted by atomic mass is 32.1. The monoisotopic (exact) mass is 282 g/mol. The quantitative estimate of drug-likeness (QED) is 0.880. The molecule has 6 heteroatoms. The van der Waals surface area contributed by atoms with Crippen LogP contribution in [0, 0.1) is 5.92 Å². The molecule has 1 aliphatic heterocycles. The summed E-state index contributed by atoms with van der Waals surface area (Å²) in [6.45, 7) is 5.83. The molecule has 5 nitrogen and oxygen atoms in total.